The largest absolute Gasteiger partial charge is 0.419 e. The first-order valence-electron chi connectivity index (χ1n) is 6.89. The van der Waals surface area contributed by atoms with Crippen LogP contribution < -0.4 is 0 Å². The molecule has 3 nitrogen and oxygen atoms in total. The third kappa shape index (κ3) is 3.22. The van der Waals surface area contributed by atoms with Crippen LogP contribution in [0.25, 0.3) is 0 Å². The number of carbonyl (C=O) groups is 1. The minimum absolute atomic E-state index is 0.000486. The number of amides is 1. The molecular formula is C13H20F3NO2. The number of rotatable bonds is 3. The standard InChI is InChI=1S/C13H20F3NO2/c14-13(15,16)12(19)7-8-17(9-12)11(18)6-5-10-3-1-2-4-10/h10,19H,1-9H2. The lowest BCUT2D eigenvalue weighted by Gasteiger charge is -2.26. The van der Waals surface area contributed by atoms with Crippen molar-refractivity contribution in [2.45, 2.75) is 56.7 Å². The maximum absolute atomic E-state index is 12.6. The molecule has 110 valence electrons. The summed E-state index contributed by atoms with van der Waals surface area (Å²) in [5.41, 5.74) is -2.71. The van der Waals surface area contributed by atoms with E-state index in [4.69, 9.17) is 0 Å². The van der Waals surface area contributed by atoms with Crippen molar-refractivity contribution in [1.29, 1.82) is 0 Å². The number of alkyl halides is 3. The van der Waals surface area contributed by atoms with E-state index in [1.807, 2.05) is 0 Å². The summed E-state index contributed by atoms with van der Waals surface area (Å²) in [6, 6.07) is 0. The van der Waals surface area contributed by atoms with Crippen molar-refractivity contribution in [2.75, 3.05) is 13.1 Å². The van der Waals surface area contributed by atoms with Crippen LogP contribution in [0, 0.1) is 5.92 Å². The van der Waals surface area contributed by atoms with E-state index >= 15 is 0 Å². The maximum Gasteiger partial charge on any atom is 0.419 e. The molecule has 2 rings (SSSR count). The molecule has 1 saturated heterocycles. The van der Waals surface area contributed by atoms with Crippen molar-refractivity contribution in [3.8, 4) is 0 Å². The van der Waals surface area contributed by atoms with E-state index in [1.165, 1.54) is 12.8 Å². The van der Waals surface area contributed by atoms with E-state index in [9.17, 15) is 23.1 Å². The Morgan fingerprint density at radius 2 is 1.95 bits per heavy atom. The fourth-order valence-electron chi connectivity index (χ4n) is 3.02. The fraction of sp³-hybridized carbons (Fsp3) is 0.923. The van der Waals surface area contributed by atoms with Gasteiger partial charge in [0.2, 0.25) is 5.91 Å². The summed E-state index contributed by atoms with van der Waals surface area (Å²) in [4.78, 5) is 13.0. The minimum atomic E-state index is -4.66. The van der Waals surface area contributed by atoms with Gasteiger partial charge in [0.25, 0.3) is 0 Å². The highest BCUT2D eigenvalue weighted by Crippen LogP contribution is 2.38. The predicted octanol–water partition coefficient (Wildman–Crippen LogP) is 2.48. The van der Waals surface area contributed by atoms with Crippen molar-refractivity contribution in [2.24, 2.45) is 5.92 Å². The molecule has 0 radical (unpaired) electrons. The molecule has 0 aromatic carbocycles. The van der Waals surface area contributed by atoms with Crippen LogP contribution in [0.1, 0.15) is 44.9 Å². The molecule has 1 saturated carbocycles. The summed E-state index contributed by atoms with van der Waals surface area (Å²) in [7, 11) is 0. The second kappa shape index (κ2) is 5.31. The first-order valence-corrected chi connectivity index (χ1v) is 6.89. The van der Waals surface area contributed by atoms with Gasteiger partial charge in [0.15, 0.2) is 5.60 Å². The third-order valence-electron chi connectivity index (χ3n) is 4.37. The molecule has 1 unspecified atom stereocenters. The Bertz CT molecular complexity index is 339. The molecule has 1 amide bonds. The Morgan fingerprint density at radius 3 is 2.47 bits per heavy atom. The van der Waals surface area contributed by atoms with Gasteiger partial charge in [0, 0.05) is 19.4 Å². The number of nitrogens with zero attached hydrogens (tertiary/aromatic N) is 1. The number of hydrogen-bond donors (Lipinski definition) is 1. The molecule has 0 aromatic rings. The minimum Gasteiger partial charge on any atom is -0.379 e. The van der Waals surface area contributed by atoms with Gasteiger partial charge in [0.05, 0.1) is 6.54 Å². The highest BCUT2D eigenvalue weighted by atomic mass is 19.4. The zero-order valence-electron chi connectivity index (χ0n) is 10.9. The molecular weight excluding hydrogens is 259 g/mol. The van der Waals surface area contributed by atoms with E-state index < -0.39 is 24.7 Å². The Kier molecular flexibility index (Phi) is 4.08. The molecule has 19 heavy (non-hydrogen) atoms. The number of likely N-dealkylation sites (tertiary alicyclic amines) is 1. The highest BCUT2D eigenvalue weighted by Gasteiger charge is 2.57. The molecule has 1 N–H and O–H groups in total. The summed E-state index contributed by atoms with van der Waals surface area (Å²) in [6.45, 7) is -0.612. The molecule has 0 spiro atoms. The zero-order valence-corrected chi connectivity index (χ0v) is 10.9. The average Bonchev–Trinajstić information content (AvgIpc) is 2.94. The predicted molar refractivity (Wildman–Crippen MR) is 63.4 cm³/mol. The molecule has 1 atom stereocenters. The topological polar surface area (TPSA) is 40.5 Å². The lowest BCUT2D eigenvalue weighted by molar-refractivity contribution is -0.253. The Hall–Kier alpha value is -0.780. The molecule has 6 heteroatoms. The molecule has 0 aromatic heterocycles. The highest BCUT2D eigenvalue weighted by molar-refractivity contribution is 5.76. The van der Waals surface area contributed by atoms with Crippen molar-refractivity contribution in [3.63, 3.8) is 0 Å². The van der Waals surface area contributed by atoms with Gasteiger partial charge in [-0.25, -0.2) is 0 Å². The zero-order chi connectivity index (χ0) is 14.1. The van der Waals surface area contributed by atoms with Crippen molar-refractivity contribution in [3.05, 3.63) is 0 Å². The van der Waals surface area contributed by atoms with Gasteiger partial charge in [-0.2, -0.15) is 13.2 Å². The van der Waals surface area contributed by atoms with Crippen LogP contribution in [0.5, 0.6) is 0 Å². The maximum atomic E-state index is 12.6. The third-order valence-corrected chi connectivity index (χ3v) is 4.37. The summed E-state index contributed by atoms with van der Waals surface area (Å²) in [5.74, 6) is 0.292. The lowest BCUT2D eigenvalue weighted by Crippen LogP contribution is -2.48. The van der Waals surface area contributed by atoms with E-state index in [2.05, 4.69) is 0 Å². The second-order valence-electron chi connectivity index (χ2n) is 5.78. The number of hydrogen-bond acceptors (Lipinski definition) is 2. The Labute approximate surface area is 110 Å². The normalized spacial score (nSPS) is 29.2. The van der Waals surface area contributed by atoms with Crippen LogP contribution in [0.2, 0.25) is 0 Å². The SMILES string of the molecule is O=C(CCC1CCCC1)N1CCC(O)(C(F)(F)F)C1. The van der Waals surface area contributed by atoms with E-state index in [1.54, 1.807) is 0 Å². The van der Waals surface area contributed by atoms with Gasteiger partial charge >= 0.3 is 6.18 Å². The molecule has 2 fully saturated rings. The Morgan fingerprint density at radius 1 is 1.32 bits per heavy atom. The van der Waals surface area contributed by atoms with Crippen molar-refractivity contribution < 1.29 is 23.1 Å². The van der Waals surface area contributed by atoms with Crippen LogP contribution in [-0.2, 0) is 4.79 Å². The van der Waals surface area contributed by atoms with E-state index in [-0.39, 0.29) is 12.5 Å². The van der Waals surface area contributed by atoms with Crippen LogP contribution in [0.4, 0.5) is 13.2 Å². The number of aliphatic hydroxyl groups is 1. The summed E-state index contributed by atoms with van der Waals surface area (Å²) >= 11 is 0. The summed E-state index contributed by atoms with van der Waals surface area (Å²) in [6.07, 6.45) is 0.629. The lowest BCUT2D eigenvalue weighted by atomic mass is 10.0. The van der Waals surface area contributed by atoms with Crippen molar-refractivity contribution in [1.82, 2.24) is 4.90 Å². The number of β-amino-alcohol motifs (C(OH)–C–C–N with tert-alkyl or cyclic N) is 1. The van der Waals surface area contributed by atoms with Gasteiger partial charge in [-0.1, -0.05) is 25.7 Å². The van der Waals surface area contributed by atoms with Gasteiger partial charge < -0.3 is 10.0 Å². The number of carbonyl (C=O) groups excluding carboxylic acids is 1. The average molecular weight is 279 g/mol. The van der Waals surface area contributed by atoms with Crippen LogP contribution in [-0.4, -0.2) is 40.8 Å². The monoisotopic (exact) mass is 279 g/mol. The smallest absolute Gasteiger partial charge is 0.379 e. The van der Waals surface area contributed by atoms with Crippen LogP contribution in [0.15, 0.2) is 0 Å². The van der Waals surface area contributed by atoms with Crippen molar-refractivity contribution >= 4 is 5.91 Å². The van der Waals surface area contributed by atoms with Gasteiger partial charge in [-0.3, -0.25) is 4.79 Å². The summed E-state index contributed by atoms with van der Waals surface area (Å²) in [5, 5.41) is 9.51. The van der Waals surface area contributed by atoms with Gasteiger partial charge in [0.1, 0.15) is 0 Å². The first kappa shape index (κ1) is 14.6. The Balaban J connectivity index is 1.81. The molecule has 1 aliphatic heterocycles. The van der Waals surface area contributed by atoms with Crippen LogP contribution in [0.3, 0.4) is 0 Å². The fourth-order valence-corrected chi connectivity index (χ4v) is 3.02. The van der Waals surface area contributed by atoms with Gasteiger partial charge in [-0.15, -0.1) is 0 Å². The second-order valence-corrected chi connectivity index (χ2v) is 5.78. The number of halogens is 3. The van der Waals surface area contributed by atoms with E-state index in [0.717, 1.165) is 24.2 Å². The quantitative estimate of drug-likeness (QED) is 0.862. The first-order chi connectivity index (χ1) is 8.82. The van der Waals surface area contributed by atoms with Gasteiger partial charge in [-0.05, 0) is 12.3 Å². The molecule has 2 aliphatic rings. The summed E-state index contributed by atoms with van der Waals surface area (Å²) < 4.78 is 37.9. The van der Waals surface area contributed by atoms with E-state index in [0.29, 0.717) is 12.3 Å². The van der Waals surface area contributed by atoms with Crippen LogP contribution >= 0.6 is 0 Å². The molecule has 1 heterocycles. The molecule has 1 aliphatic carbocycles. The molecule has 0 bridgehead atoms.